The fourth-order valence-electron chi connectivity index (χ4n) is 5.66. The summed E-state index contributed by atoms with van der Waals surface area (Å²) < 4.78 is 59.0. The van der Waals surface area contributed by atoms with Crippen LogP contribution in [-0.4, -0.2) is 36.8 Å². The van der Waals surface area contributed by atoms with Crippen molar-refractivity contribution in [3.05, 3.63) is 131 Å². The van der Waals surface area contributed by atoms with Crippen molar-refractivity contribution < 1.29 is 21.9 Å². The number of aromatic nitrogens is 1. The molecule has 6 rings (SSSR count). The van der Waals surface area contributed by atoms with E-state index < -0.39 is 25.6 Å². The van der Waals surface area contributed by atoms with Gasteiger partial charge in [0.15, 0.2) is 0 Å². The van der Waals surface area contributed by atoms with Gasteiger partial charge in [-0.05, 0) is 62.7 Å². The maximum atomic E-state index is 14.3. The van der Waals surface area contributed by atoms with Gasteiger partial charge < -0.3 is 5.11 Å². The third-order valence-electron chi connectivity index (χ3n) is 7.79. The van der Waals surface area contributed by atoms with E-state index in [9.17, 15) is 21.9 Å². The Bertz CT molecular complexity index is 2000. The van der Waals surface area contributed by atoms with Gasteiger partial charge in [-0.3, -0.25) is 0 Å². The molecule has 0 aliphatic carbocycles. The second-order valence-corrected chi connectivity index (χ2v) is 14.5. The zero-order chi connectivity index (χ0) is 29.2. The SMILES string of the molecule is Cc1ccc(S(=O)(=O)N2Cc3c(c4cc(C)ccc4n3S(=O)(=O)c3ccc(C)cc3)[C@](O)(c3ccccc3)C2)cc1. The van der Waals surface area contributed by atoms with Gasteiger partial charge in [-0.15, -0.1) is 0 Å². The Morgan fingerprint density at radius 1 is 0.683 bits per heavy atom. The summed E-state index contributed by atoms with van der Waals surface area (Å²) in [6.07, 6.45) is 0. The van der Waals surface area contributed by atoms with Crippen molar-refractivity contribution in [2.75, 3.05) is 6.54 Å². The number of nitrogens with zero attached hydrogens (tertiary/aromatic N) is 2. The molecule has 0 radical (unpaired) electrons. The van der Waals surface area contributed by atoms with Crippen LogP contribution < -0.4 is 0 Å². The molecule has 9 heteroatoms. The van der Waals surface area contributed by atoms with Crippen LogP contribution in [-0.2, 0) is 32.2 Å². The lowest BCUT2D eigenvalue weighted by atomic mass is 9.82. The maximum Gasteiger partial charge on any atom is 0.268 e. The van der Waals surface area contributed by atoms with E-state index in [1.54, 1.807) is 66.7 Å². The first kappa shape index (κ1) is 27.4. The fourth-order valence-corrected chi connectivity index (χ4v) is 8.64. The quantitative estimate of drug-likeness (QED) is 0.304. The lowest BCUT2D eigenvalue weighted by Crippen LogP contribution is -2.49. The van der Waals surface area contributed by atoms with E-state index in [1.165, 1.54) is 20.4 Å². The van der Waals surface area contributed by atoms with Gasteiger partial charge in [0.1, 0.15) is 5.60 Å². The van der Waals surface area contributed by atoms with Crippen LogP contribution in [0.3, 0.4) is 0 Å². The average molecular weight is 587 g/mol. The first-order valence-electron chi connectivity index (χ1n) is 13.2. The van der Waals surface area contributed by atoms with E-state index >= 15 is 0 Å². The minimum atomic E-state index is -4.18. The van der Waals surface area contributed by atoms with Gasteiger partial charge in [0.2, 0.25) is 10.0 Å². The summed E-state index contributed by atoms with van der Waals surface area (Å²) in [5, 5.41) is 13.1. The molecule has 0 unspecified atom stereocenters. The van der Waals surface area contributed by atoms with Crippen molar-refractivity contribution in [1.82, 2.24) is 8.28 Å². The molecule has 0 fully saturated rings. The molecule has 1 aromatic heterocycles. The molecule has 1 aliphatic heterocycles. The van der Waals surface area contributed by atoms with Crippen LogP contribution in [0.1, 0.15) is 33.5 Å². The van der Waals surface area contributed by atoms with Crippen molar-refractivity contribution >= 4 is 30.9 Å². The predicted octanol–water partition coefficient (Wildman–Crippen LogP) is 5.24. The lowest BCUT2D eigenvalue weighted by Gasteiger charge is -2.39. The van der Waals surface area contributed by atoms with E-state index in [0.717, 1.165) is 16.7 Å². The number of aliphatic hydroxyl groups is 1. The molecule has 2 heterocycles. The van der Waals surface area contributed by atoms with Crippen LogP contribution in [0.5, 0.6) is 0 Å². The number of benzene rings is 4. The van der Waals surface area contributed by atoms with Crippen molar-refractivity contribution in [2.45, 2.75) is 42.7 Å². The van der Waals surface area contributed by atoms with Gasteiger partial charge in [0.25, 0.3) is 10.0 Å². The van der Waals surface area contributed by atoms with Crippen molar-refractivity contribution in [3.8, 4) is 0 Å². The van der Waals surface area contributed by atoms with Gasteiger partial charge in [-0.25, -0.2) is 20.8 Å². The Hall–Kier alpha value is -3.76. The smallest absolute Gasteiger partial charge is 0.268 e. The van der Waals surface area contributed by atoms with Gasteiger partial charge in [-0.2, -0.15) is 4.31 Å². The maximum absolute atomic E-state index is 14.3. The first-order valence-corrected chi connectivity index (χ1v) is 16.1. The molecule has 1 atom stereocenters. The summed E-state index contributed by atoms with van der Waals surface area (Å²) in [6, 6.07) is 27.3. The highest BCUT2D eigenvalue weighted by molar-refractivity contribution is 7.90. The Kier molecular flexibility index (Phi) is 6.46. The molecule has 41 heavy (non-hydrogen) atoms. The fraction of sp³-hybridized carbons (Fsp3) is 0.188. The van der Waals surface area contributed by atoms with Gasteiger partial charge in [-0.1, -0.05) is 77.4 Å². The first-order chi connectivity index (χ1) is 19.4. The third-order valence-corrected chi connectivity index (χ3v) is 11.4. The molecular formula is C32H30N2O5S2. The topological polar surface area (TPSA) is 96.7 Å². The summed E-state index contributed by atoms with van der Waals surface area (Å²) >= 11 is 0. The predicted molar refractivity (Wildman–Crippen MR) is 159 cm³/mol. The summed E-state index contributed by atoms with van der Waals surface area (Å²) in [4.78, 5) is 0.145. The molecule has 4 aromatic carbocycles. The summed E-state index contributed by atoms with van der Waals surface area (Å²) in [5.41, 5.74) is 2.33. The van der Waals surface area contributed by atoms with Gasteiger partial charge in [0, 0.05) is 10.9 Å². The van der Waals surface area contributed by atoms with Crippen LogP contribution in [0, 0.1) is 20.8 Å². The summed E-state index contributed by atoms with van der Waals surface area (Å²) in [5.74, 6) is 0. The Balaban J connectivity index is 1.68. The van der Waals surface area contributed by atoms with Crippen molar-refractivity contribution in [3.63, 3.8) is 0 Å². The molecule has 1 aliphatic rings. The molecule has 210 valence electrons. The van der Waals surface area contributed by atoms with Crippen LogP contribution >= 0.6 is 0 Å². The van der Waals surface area contributed by atoms with E-state index in [0.29, 0.717) is 22.0 Å². The van der Waals surface area contributed by atoms with Crippen molar-refractivity contribution in [1.29, 1.82) is 0 Å². The zero-order valence-corrected chi connectivity index (χ0v) is 24.6. The van der Waals surface area contributed by atoms with E-state index in [4.69, 9.17) is 0 Å². The number of hydrogen-bond acceptors (Lipinski definition) is 5. The number of rotatable bonds is 5. The Labute approximate surface area is 240 Å². The molecule has 0 bridgehead atoms. The van der Waals surface area contributed by atoms with Gasteiger partial charge >= 0.3 is 0 Å². The van der Waals surface area contributed by atoms with E-state index in [2.05, 4.69) is 0 Å². The minimum absolute atomic E-state index is 0.0712. The van der Waals surface area contributed by atoms with Crippen molar-refractivity contribution in [2.24, 2.45) is 0 Å². The molecular weight excluding hydrogens is 556 g/mol. The summed E-state index contributed by atoms with van der Waals surface area (Å²) in [7, 11) is -8.29. The third kappa shape index (κ3) is 4.40. The van der Waals surface area contributed by atoms with Crippen LogP contribution in [0.15, 0.2) is 107 Å². The Morgan fingerprint density at radius 3 is 1.80 bits per heavy atom. The number of fused-ring (bicyclic) bond motifs is 3. The molecule has 5 aromatic rings. The molecule has 0 amide bonds. The highest BCUT2D eigenvalue weighted by Crippen LogP contribution is 2.45. The van der Waals surface area contributed by atoms with Crippen LogP contribution in [0.25, 0.3) is 10.9 Å². The molecule has 0 saturated carbocycles. The normalized spacial score (nSPS) is 18.0. The second-order valence-electron chi connectivity index (χ2n) is 10.7. The summed E-state index contributed by atoms with van der Waals surface area (Å²) in [6.45, 7) is 5.13. The minimum Gasteiger partial charge on any atom is -0.379 e. The van der Waals surface area contributed by atoms with Crippen LogP contribution in [0.4, 0.5) is 0 Å². The number of β-amino-alcohol motifs (C(OH)–C–C–N with tert-alkyl or cyclic N) is 1. The van der Waals surface area contributed by atoms with Gasteiger partial charge in [0.05, 0.1) is 34.1 Å². The lowest BCUT2D eigenvalue weighted by molar-refractivity contribution is 0.0465. The monoisotopic (exact) mass is 586 g/mol. The molecule has 1 N–H and O–H groups in total. The number of hydrogen-bond donors (Lipinski definition) is 1. The zero-order valence-electron chi connectivity index (χ0n) is 22.9. The second kappa shape index (κ2) is 9.66. The highest BCUT2D eigenvalue weighted by Gasteiger charge is 2.48. The Morgan fingerprint density at radius 2 is 1.22 bits per heavy atom. The van der Waals surface area contributed by atoms with E-state index in [1.807, 2.05) is 39.0 Å². The van der Waals surface area contributed by atoms with E-state index in [-0.39, 0.29) is 28.6 Å². The largest absolute Gasteiger partial charge is 0.379 e. The standard InChI is InChI=1S/C32H30N2O5S2/c1-22-9-14-26(15-10-22)40(36,37)33-20-30-31(32(35,21-33)25-7-5-4-6-8-25)28-19-24(3)13-18-29(28)34(30)41(38,39)27-16-11-23(2)12-17-27/h4-19,35H,20-21H2,1-3H3/t32-/m1/s1. The number of aryl methyl sites for hydroxylation is 3. The van der Waals surface area contributed by atoms with Crippen LogP contribution in [0.2, 0.25) is 0 Å². The molecule has 0 spiro atoms. The number of sulfonamides is 1. The molecule has 0 saturated heterocycles. The average Bonchev–Trinajstić information content (AvgIpc) is 3.29. The molecule has 7 nitrogen and oxygen atoms in total. The highest BCUT2D eigenvalue weighted by atomic mass is 32.2.